The van der Waals surface area contributed by atoms with E-state index in [4.69, 9.17) is 0 Å². The van der Waals surface area contributed by atoms with Crippen molar-refractivity contribution in [1.82, 2.24) is 9.78 Å². The van der Waals surface area contributed by atoms with E-state index in [1.54, 1.807) is 21.7 Å². The summed E-state index contributed by atoms with van der Waals surface area (Å²) in [5.74, 6) is 1.02. The van der Waals surface area contributed by atoms with Crippen molar-refractivity contribution < 1.29 is 9.36 Å². The van der Waals surface area contributed by atoms with Gasteiger partial charge in [-0.05, 0) is 30.5 Å². The lowest BCUT2D eigenvalue weighted by atomic mass is 10.2. The van der Waals surface area contributed by atoms with Gasteiger partial charge in [0.05, 0.1) is 7.05 Å². The summed E-state index contributed by atoms with van der Waals surface area (Å²) < 4.78 is 3.51. The molecule has 1 saturated carbocycles. The van der Waals surface area contributed by atoms with E-state index < -0.39 is 0 Å². The maximum atomic E-state index is 12.3. The Balaban J connectivity index is 2.04. The Hall–Kier alpha value is -2.23. The highest BCUT2D eigenvalue weighted by atomic mass is 16.1. The van der Waals surface area contributed by atoms with Crippen LogP contribution in [0.3, 0.4) is 0 Å². The van der Waals surface area contributed by atoms with E-state index in [1.807, 2.05) is 31.3 Å². The van der Waals surface area contributed by atoms with E-state index in [-0.39, 0.29) is 11.7 Å². The van der Waals surface area contributed by atoms with E-state index in [0.717, 1.165) is 24.1 Å². The minimum absolute atomic E-state index is 0.188. The predicted octanol–water partition coefficient (Wildman–Crippen LogP) is 1.93. The van der Waals surface area contributed by atoms with Gasteiger partial charge in [0.1, 0.15) is 5.69 Å². The summed E-state index contributed by atoms with van der Waals surface area (Å²) in [4.78, 5) is 12.3. The fourth-order valence-corrected chi connectivity index (χ4v) is 2.13. The summed E-state index contributed by atoms with van der Waals surface area (Å²) in [6, 6.07) is 7.84. The van der Waals surface area contributed by atoms with Crippen LogP contribution in [0.4, 0.5) is 0 Å². The normalized spacial score (nSPS) is 14.4. The lowest BCUT2D eigenvalue weighted by molar-refractivity contribution is -0.674. The Kier molecular flexibility index (Phi) is 2.78. The smallest absolute Gasteiger partial charge is 0.287 e. The SMILES string of the molecule is C=Cc1ccc(-n2nc[n+](C)c2C(=O)C2CC2)cc1. The molecular weight excluding hydrogens is 238 g/mol. The molecule has 1 aromatic heterocycles. The number of Topliss-reactive ketones (excluding diaryl/α,β-unsaturated/α-hetero) is 1. The molecule has 19 heavy (non-hydrogen) atoms. The first-order chi connectivity index (χ1) is 9.20. The van der Waals surface area contributed by atoms with E-state index in [0.29, 0.717) is 5.82 Å². The molecule has 4 nitrogen and oxygen atoms in total. The second-order valence-electron chi connectivity index (χ2n) is 4.91. The molecule has 1 aliphatic carbocycles. The number of carbonyl (C=O) groups is 1. The number of rotatable bonds is 4. The zero-order valence-corrected chi connectivity index (χ0v) is 10.9. The van der Waals surface area contributed by atoms with Gasteiger partial charge in [-0.15, -0.1) is 0 Å². The fraction of sp³-hybridized carbons (Fsp3) is 0.267. The van der Waals surface area contributed by atoms with Gasteiger partial charge in [-0.25, -0.2) is 4.57 Å². The van der Waals surface area contributed by atoms with Crippen molar-refractivity contribution in [2.75, 3.05) is 0 Å². The Labute approximate surface area is 112 Å². The molecule has 1 aliphatic rings. The van der Waals surface area contributed by atoms with Crippen molar-refractivity contribution in [3.05, 3.63) is 48.6 Å². The van der Waals surface area contributed by atoms with Gasteiger partial charge in [-0.1, -0.05) is 29.5 Å². The van der Waals surface area contributed by atoms with Crippen LogP contribution in [-0.4, -0.2) is 15.6 Å². The highest BCUT2D eigenvalue weighted by Gasteiger charge is 2.38. The average molecular weight is 254 g/mol. The van der Waals surface area contributed by atoms with E-state index in [9.17, 15) is 4.79 Å². The molecule has 0 radical (unpaired) electrons. The van der Waals surface area contributed by atoms with Crippen LogP contribution in [0.2, 0.25) is 0 Å². The zero-order chi connectivity index (χ0) is 13.4. The molecule has 3 rings (SSSR count). The van der Waals surface area contributed by atoms with Crippen LogP contribution in [0.1, 0.15) is 29.0 Å². The summed E-state index contributed by atoms with van der Waals surface area (Å²) in [5.41, 5.74) is 1.95. The van der Waals surface area contributed by atoms with Crippen LogP contribution in [-0.2, 0) is 7.05 Å². The number of ketones is 1. The number of carbonyl (C=O) groups excluding carboxylic acids is 1. The van der Waals surface area contributed by atoms with Crippen LogP contribution in [0.5, 0.6) is 0 Å². The molecule has 0 spiro atoms. The molecule has 0 saturated heterocycles. The molecule has 0 atom stereocenters. The first-order valence-electron chi connectivity index (χ1n) is 6.41. The summed E-state index contributed by atoms with van der Waals surface area (Å²) in [6.45, 7) is 3.73. The zero-order valence-electron chi connectivity index (χ0n) is 10.9. The van der Waals surface area contributed by atoms with Crippen LogP contribution < -0.4 is 4.57 Å². The molecule has 4 heteroatoms. The minimum Gasteiger partial charge on any atom is -0.287 e. The molecule has 1 heterocycles. The second kappa shape index (κ2) is 4.46. The third-order valence-electron chi connectivity index (χ3n) is 3.42. The second-order valence-corrected chi connectivity index (χ2v) is 4.91. The van der Waals surface area contributed by atoms with Gasteiger partial charge in [0, 0.05) is 11.0 Å². The van der Waals surface area contributed by atoms with Crippen LogP contribution in [0.25, 0.3) is 11.8 Å². The summed E-state index contributed by atoms with van der Waals surface area (Å²) in [5, 5.41) is 4.31. The number of hydrogen-bond donors (Lipinski definition) is 0. The Morgan fingerprint density at radius 1 is 1.42 bits per heavy atom. The topological polar surface area (TPSA) is 38.8 Å². The van der Waals surface area contributed by atoms with Crippen molar-refractivity contribution in [3.63, 3.8) is 0 Å². The number of aryl methyl sites for hydroxylation is 1. The van der Waals surface area contributed by atoms with Crippen LogP contribution in [0.15, 0.2) is 37.2 Å². The Bertz CT molecular complexity index is 636. The first-order valence-corrected chi connectivity index (χ1v) is 6.41. The lowest BCUT2D eigenvalue weighted by Crippen LogP contribution is -2.35. The van der Waals surface area contributed by atoms with E-state index >= 15 is 0 Å². The quantitative estimate of drug-likeness (QED) is 0.617. The molecule has 1 aromatic carbocycles. The van der Waals surface area contributed by atoms with Crippen molar-refractivity contribution in [1.29, 1.82) is 0 Å². The Morgan fingerprint density at radius 3 is 2.68 bits per heavy atom. The third kappa shape index (κ3) is 2.10. The summed E-state index contributed by atoms with van der Waals surface area (Å²) in [6.07, 6.45) is 5.47. The van der Waals surface area contributed by atoms with Gasteiger partial charge in [0.15, 0.2) is 0 Å². The molecule has 0 bridgehead atoms. The highest BCUT2D eigenvalue weighted by Crippen LogP contribution is 2.32. The van der Waals surface area contributed by atoms with Gasteiger partial charge in [-0.3, -0.25) is 4.79 Å². The van der Waals surface area contributed by atoms with Gasteiger partial charge in [0.25, 0.3) is 6.33 Å². The number of nitrogens with zero attached hydrogens (tertiary/aromatic N) is 3. The number of hydrogen-bond acceptors (Lipinski definition) is 2. The van der Waals surface area contributed by atoms with Crippen molar-refractivity contribution in [2.24, 2.45) is 13.0 Å². The maximum absolute atomic E-state index is 12.3. The molecule has 1 fully saturated rings. The molecule has 0 N–H and O–H groups in total. The number of benzene rings is 1. The third-order valence-corrected chi connectivity index (χ3v) is 3.42. The largest absolute Gasteiger partial charge is 0.309 e. The van der Waals surface area contributed by atoms with Crippen molar-refractivity contribution in [3.8, 4) is 5.69 Å². The molecule has 0 amide bonds. The molecule has 0 aliphatic heterocycles. The lowest BCUT2D eigenvalue weighted by Gasteiger charge is -2.00. The highest BCUT2D eigenvalue weighted by molar-refractivity contribution is 5.95. The molecule has 2 aromatic rings. The van der Waals surface area contributed by atoms with Gasteiger partial charge in [-0.2, -0.15) is 0 Å². The summed E-state index contributed by atoms with van der Waals surface area (Å²) >= 11 is 0. The van der Waals surface area contributed by atoms with E-state index in [1.165, 1.54) is 0 Å². The number of aromatic nitrogens is 3. The van der Waals surface area contributed by atoms with Gasteiger partial charge >= 0.3 is 5.82 Å². The van der Waals surface area contributed by atoms with Crippen molar-refractivity contribution >= 4 is 11.9 Å². The molecule has 96 valence electrons. The summed E-state index contributed by atoms with van der Waals surface area (Å²) in [7, 11) is 1.86. The van der Waals surface area contributed by atoms with Crippen LogP contribution in [0, 0.1) is 5.92 Å². The predicted molar refractivity (Wildman–Crippen MR) is 71.9 cm³/mol. The molecular formula is C15H16N3O+. The first kappa shape index (κ1) is 11.8. The maximum Gasteiger partial charge on any atom is 0.309 e. The van der Waals surface area contributed by atoms with Gasteiger partial charge < -0.3 is 0 Å². The van der Waals surface area contributed by atoms with Crippen molar-refractivity contribution in [2.45, 2.75) is 12.8 Å². The Morgan fingerprint density at radius 2 is 2.11 bits per heavy atom. The minimum atomic E-state index is 0.188. The molecule has 0 unspecified atom stereocenters. The standard InChI is InChI=1S/C15H16N3O/c1-3-11-4-8-13(9-5-11)18-15(17(2)10-16-18)14(19)12-6-7-12/h3-5,8-10,12H,1,6-7H2,2H3/q+1. The van der Waals surface area contributed by atoms with E-state index in [2.05, 4.69) is 11.7 Å². The monoisotopic (exact) mass is 254 g/mol. The van der Waals surface area contributed by atoms with Gasteiger partial charge in [0.2, 0.25) is 5.78 Å². The average Bonchev–Trinajstić information content (AvgIpc) is 3.21. The fourth-order valence-electron chi connectivity index (χ4n) is 2.13. The van der Waals surface area contributed by atoms with Crippen LogP contribution >= 0.6 is 0 Å².